The zero-order valence-corrected chi connectivity index (χ0v) is 5.72. The Morgan fingerprint density at radius 2 is 2.60 bits per heavy atom. The molecule has 1 rings (SSSR count). The second kappa shape index (κ2) is 2.60. The highest BCUT2D eigenvalue weighted by molar-refractivity contribution is 6.61. The normalized spacial score (nSPS) is 23.3. The standard InChI is InChI=1S/C6H9N3O/c1-4-2-6(9-10-4)5(8)3-7/h3-4,7-8H,2H2,1H3. The molecule has 0 aromatic carbocycles. The van der Waals surface area contributed by atoms with Crippen molar-refractivity contribution in [2.24, 2.45) is 5.16 Å². The average molecular weight is 139 g/mol. The summed E-state index contributed by atoms with van der Waals surface area (Å²) >= 11 is 0. The Balaban J connectivity index is 2.59. The largest absolute Gasteiger partial charge is 0.392 e. The van der Waals surface area contributed by atoms with Gasteiger partial charge in [-0.05, 0) is 6.92 Å². The number of hydrogen-bond acceptors (Lipinski definition) is 4. The maximum Gasteiger partial charge on any atom is 0.130 e. The van der Waals surface area contributed by atoms with Crippen LogP contribution in [0, 0.1) is 10.8 Å². The minimum absolute atomic E-state index is 0.0651. The molecule has 1 heterocycles. The van der Waals surface area contributed by atoms with Crippen LogP contribution >= 0.6 is 0 Å². The third kappa shape index (κ3) is 1.21. The lowest BCUT2D eigenvalue weighted by atomic mass is 10.1. The molecule has 1 atom stereocenters. The summed E-state index contributed by atoms with van der Waals surface area (Å²) in [6, 6.07) is 0. The van der Waals surface area contributed by atoms with Gasteiger partial charge in [0.2, 0.25) is 0 Å². The molecule has 0 radical (unpaired) electrons. The van der Waals surface area contributed by atoms with Crippen LogP contribution in [0.25, 0.3) is 0 Å². The third-order valence-corrected chi connectivity index (χ3v) is 1.28. The summed E-state index contributed by atoms with van der Waals surface area (Å²) in [6.07, 6.45) is 1.68. The molecule has 0 aromatic rings. The first-order valence-corrected chi connectivity index (χ1v) is 3.06. The highest BCUT2D eigenvalue weighted by Gasteiger charge is 2.18. The van der Waals surface area contributed by atoms with Gasteiger partial charge in [-0.2, -0.15) is 0 Å². The molecule has 0 fully saturated rings. The van der Waals surface area contributed by atoms with E-state index in [1.54, 1.807) is 0 Å². The molecule has 10 heavy (non-hydrogen) atoms. The van der Waals surface area contributed by atoms with Gasteiger partial charge in [-0.1, -0.05) is 5.16 Å². The van der Waals surface area contributed by atoms with E-state index in [1.807, 2.05) is 6.92 Å². The van der Waals surface area contributed by atoms with Gasteiger partial charge >= 0.3 is 0 Å². The average Bonchev–Trinajstić information content (AvgIpc) is 2.34. The highest BCUT2D eigenvalue weighted by atomic mass is 16.6. The summed E-state index contributed by atoms with van der Waals surface area (Å²) in [6.45, 7) is 1.88. The first-order valence-electron chi connectivity index (χ1n) is 3.06. The van der Waals surface area contributed by atoms with Crippen LogP contribution in [-0.2, 0) is 4.84 Å². The Hall–Kier alpha value is -1.19. The van der Waals surface area contributed by atoms with Gasteiger partial charge in [0.1, 0.15) is 11.8 Å². The van der Waals surface area contributed by atoms with Crippen molar-refractivity contribution >= 4 is 17.6 Å². The molecule has 0 saturated carbocycles. The van der Waals surface area contributed by atoms with E-state index in [0.717, 1.165) is 6.21 Å². The van der Waals surface area contributed by atoms with Gasteiger partial charge in [0.25, 0.3) is 0 Å². The Labute approximate surface area is 58.9 Å². The van der Waals surface area contributed by atoms with Crippen LogP contribution in [0.4, 0.5) is 0 Å². The van der Waals surface area contributed by atoms with Crippen molar-refractivity contribution in [3.63, 3.8) is 0 Å². The number of rotatable bonds is 2. The molecule has 2 N–H and O–H groups in total. The maximum atomic E-state index is 7.17. The van der Waals surface area contributed by atoms with E-state index in [-0.39, 0.29) is 11.8 Å². The fraction of sp³-hybridized carbons (Fsp3) is 0.500. The highest BCUT2D eigenvalue weighted by Crippen LogP contribution is 2.08. The summed E-state index contributed by atoms with van der Waals surface area (Å²) in [5, 5.41) is 17.6. The van der Waals surface area contributed by atoms with Crippen LogP contribution in [0.5, 0.6) is 0 Å². The molecule has 1 aliphatic heterocycles. The van der Waals surface area contributed by atoms with Gasteiger partial charge in [0, 0.05) is 12.6 Å². The van der Waals surface area contributed by atoms with Crippen LogP contribution < -0.4 is 0 Å². The van der Waals surface area contributed by atoms with Crippen molar-refractivity contribution in [3.05, 3.63) is 0 Å². The molecule has 0 aliphatic carbocycles. The van der Waals surface area contributed by atoms with E-state index in [2.05, 4.69) is 5.16 Å². The Bertz CT molecular complexity index is 197. The van der Waals surface area contributed by atoms with Crippen molar-refractivity contribution in [1.29, 1.82) is 10.8 Å². The summed E-state index contributed by atoms with van der Waals surface area (Å²) in [5.41, 5.74) is 0.715. The molecule has 0 aromatic heterocycles. The van der Waals surface area contributed by atoms with E-state index in [4.69, 9.17) is 15.7 Å². The number of nitrogens with one attached hydrogen (secondary N) is 2. The van der Waals surface area contributed by atoms with E-state index >= 15 is 0 Å². The lowest BCUT2D eigenvalue weighted by Crippen LogP contribution is -2.13. The molecule has 4 nitrogen and oxygen atoms in total. The van der Waals surface area contributed by atoms with Crippen molar-refractivity contribution in [1.82, 2.24) is 0 Å². The lowest BCUT2D eigenvalue weighted by Gasteiger charge is -1.94. The minimum Gasteiger partial charge on any atom is -0.392 e. The lowest BCUT2D eigenvalue weighted by molar-refractivity contribution is 0.0995. The Morgan fingerprint density at radius 3 is 3.00 bits per heavy atom. The van der Waals surface area contributed by atoms with Crippen LogP contribution in [-0.4, -0.2) is 23.7 Å². The molecular formula is C6H9N3O. The van der Waals surface area contributed by atoms with E-state index in [1.165, 1.54) is 0 Å². The third-order valence-electron chi connectivity index (χ3n) is 1.28. The van der Waals surface area contributed by atoms with Gasteiger partial charge < -0.3 is 10.2 Å². The summed E-state index contributed by atoms with van der Waals surface area (Å²) in [4.78, 5) is 4.83. The number of nitrogens with zero attached hydrogens (tertiary/aromatic N) is 1. The second-order valence-electron chi connectivity index (χ2n) is 2.22. The van der Waals surface area contributed by atoms with Crippen LogP contribution in [0.3, 0.4) is 0 Å². The fourth-order valence-corrected chi connectivity index (χ4v) is 0.743. The first kappa shape index (κ1) is 6.92. The zero-order valence-electron chi connectivity index (χ0n) is 5.72. The molecule has 0 bridgehead atoms. The van der Waals surface area contributed by atoms with Gasteiger partial charge in [-0.25, -0.2) is 0 Å². The summed E-state index contributed by atoms with van der Waals surface area (Å²) < 4.78 is 0. The van der Waals surface area contributed by atoms with Crippen molar-refractivity contribution in [2.45, 2.75) is 19.4 Å². The monoisotopic (exact) mass is 139 g/mol. The topological polar surface area (TPSA) is 69.3 Å². The quantitative estimate of drug-likeness (QED) is 0.546. The molecule has 0 spiro atoms. The number of hydrogen-bond donors (Lipinski definition) is 2. The molecule has 0 saturated heterocycles. The van der Waals surface area contributed by atoms with Gasteiger partial charge in [0.05, 0.1) is 5.71 Å². The summed E-state index contributed by atoms with van der Waals surface area (Å²) in [7, 11) is 0. The molecule has 0 amide bonds. The van der Waals surface area contributed by atoms with Crippen molar-refractivity contribution in [3.8, 4) is 0 Å². The smallest absolute Gasteiger partial charge is 0.130 e. The van der Waals surface area contributed by atoms with E-state index in [9.17, 15) is 0 Å². The predicted octanol–water partition coefficient (Wildman–Crippen LogP) is 0.821. The minimum atomic E-state index is 0.0651. The molecule has 1 unspecified atom stereocenters. The number of oxime groups is 1. The fourth-order valence-electron chi connectivity index (χ4n) is 0.743. The van der Waals surface area contributed by atoms with Gasteiger partial charge in [0.15, 0.2) is 0 Å². The van der Waals surface area contributed by atoms with Crippen LogP contribution in [0.1, 0.15) is 13.3 Å². The van der Waals surface area contributed by atoms with E-state index in [0.29, 0.717) is 12.1 Å². The zero-order chi connectivity index (χ0) is 7.56. The van der Waals surface area contributed by atoms with Gasteiger partial charge in [-0.3, -0.25) is 5.41 Å². The Morgan fingerprint density at radius 1 is 1.90 bits per heavy atom. The van der Waals surface area contributed by atoms with Crippen molar-refractivity contribution in [2.75, 3.05) is 0 Å². The van der Waals surface area contributed by atoms with Crippen LogP contribution in [0.15, 0.2) is 5.16 Å². The second-order valence-corrected chi connectivity index (χ2v) is 2.22. The molecule has 4 heteroatoms. The Kier molecular flexibility index (Phi) is 1.80. The SMILES string of the molecule is CC1CC(C(=N)C=N)=NO1. The molecule has 54 valence electrons. The summed E-state index contributed by atoms with van der Waals surface area (Å²) in [5.74, 6) is 0. The van der Waals surface area contributed by atoms with Gasteiger partial charge in [-0.15, -0.1) is 0 Å². The maximum absolute atomic E-state index is 7.17. The van der Waals surface area contributed by atoms with E-state index < -0.39 is 0 Å². The van der Waals surface area contributed by atoms with Crippen LogP contribution in [0.2, 0.25) is 0 Å². The molecule has 1 aliphatic rings. The van der Waals surface area contributed by atoms with Crippen molar-refractivity contribution < 1.29 is 4.84 Å². The molecular weight excluding hydrogens is 130 g/mol. The predicted molar refractivity (Wildman–Crippen MR) is 39.1 cm³/mol. The first-order chi connectivity index (χ1) is 4.74.